The van der Waals surface area contributed by atoms with Crippen molar-refractivity contribution in [1.82, 2.24) is 0 Å². The number of rotatable bonds is 7. The Bertz CT molecular complexity index is 328. The molecule has 0 radical (unpaired) electrons. The van der Waals surface area contributed by atoms with Crippen LogP contribution in [-0.2, 0) is 14.3 Å². The van der Waals surface area contributed by atoms with Crippen molar-refractivity contribution in [2.24, 2.45) is 0 Å². The fraction of sp³-hybridized carbons (Fsp3) is 0.700. The first-order valence-electron chi connectivity index (χ1n) is 5.08. The van der Waals surface area contributed by atoms with Crippen LogP contribution in [0.5, 0.6) is 0 Å². The van der Waals surface area contributed by atoms with Crippen LogP contribution in [-0.4, -0.2) is 37.6 Å². The van der Waals surface area contributed by atoms with Crippen LogP contribution in [0.2, 0.25) is 0 Å². The van der Waals surface area contributed by atoms with Gasteiger partial charge in [0.05, 0.1) is 12.2 Å². The number of carbonyl (C=O) groups excluding carboxylic acids is 1. The van der Waals surface area contributed by atoms with E-state index in [1.54, 1.807) is 6.92 Å². The van der Waals surface area contributed by atoms with E-state index in [1.807, 2.05) is 0 Å². The summed E-state index contributed by atoms with van der Waals surface area (Å²) in [5, 5.41) is 0. The third-order valence-corrected chi connectivity index (χ3v) is 1.82. The van der Waals surface area contributed by atoms with E-state index in [2.05, 4.69) is 11.3 Å². The predicted octanol–water partition coefficient (Wildman–Crippen LogP) is 3.01. The molecule has 0 aliphatic rings. The van der Waals surface area contributed by atoms with Gasteiger partial charge in [-0.1, -0.05) is 13.5 Å². The van der Waals surface area contributed by atoms with E-state index < -0.39 is 36.6 Å². The van der Waals surface area contributed by atoms with Crippen LogP contribution in [0.15, 0.2) is 12.2 Å². The average molecular weight is 294 g/mol. The number of hydrogen-bond donors (Lipinski definition) is 0. The molecule has 0 N–H and O–H groups in total. The molecule has 0 aromatic carbocycles. The number of carbonyl (C=O) groups is 1. The van der Waals surface area contributed by atoms with Gasteiger partial charge in [0.25, 0.3) is 0 Å². The number of hydrogen-bond acceptors (Lipinski definition) is 3. The summed E-state index contributed by atoms with van der Waals surface area (Å²) in [5.74, 6) is -7.30. The van der Waals surface area contributed by atoms with E-state index in [0.717, 1.165) is 0 Å². The molecule has 19 heavy (non-hydrogen) atoms. The zero-order valence-electron chi connectivity index (χ0n) is 9.90. The molecule has 0 spiro atoms. The zero-order valence-corrected chi connectivity index (χ0v) is 9.90. The van der Waals surface area contributed by atoms with Crippen molar-refractivity contribution in [2.45, 2.75) is 31.8 Å². The van der Waals surface area contributed by atoms with Gasteiger partial charge in [-0.25, -0.2) is 13.6 Å². The van der Waals surface area contributed by atoms with E-state index >= 15 is 0 Å². The van der Waals surface area contributed by atoms with E-state index in [9.17, 15) is 31.1 Å². The highest BCUT2D eigenvalue weighted by Crippen LogP contribution is 2.40. The summed E-state index contributed by atoms with van der Waals surface area (Å²) in [6, 6.07) is 0. The highest BCUT2D eigenvalue weighted by atomic mass is 19.4. The normalized spacial score (nSPS) is 15.2. The predicted molar refractivity (Wildman–Crippen MR) is 52.2 cm³/mol. The van der Waals surface area contributed by atoms with Crippen molar-refractivity contribution in [2.75, 3.05) is 13.2 Å². The van der Waals surface area contributed by atoms with Crippen molar-refractivity contribution in [3.63, 3.8) is 0 Å². The van der Waals surface area contributed by atoms with Crippen molar-refractivity contribution in [3.05, 3.63) is 12.2 Å². The molecule has 0 amide bonds. The highest BCUT2D eigenvalue weighted by molar-refractivity contribution is 5.88. The summed E-state index contributed by atoms with van der Waals surface area (Å²) in [6.45, 7) is 4.32. The van der Waals surface area contributed by atoms with Gasteiger partial charge in [0, 0.05) is 6.61 Å². The molecule has 0 aliphatic heterocycles. The van der Waals surface area contributed by atoms with Crippen molar-refractivity contribution >= 4 is 5.97 Å². The lowest BCUT2D eigenvalue weighted by molar-refractivity contribution is -0.354. The quantitative estimate of drug-likeness (QED) is 0.313. The van der Waals surface area contributed by atoms with E-state index in [1.165, 1.54) is 0 Å². The molecule has 0 rings (SSSR count). The molecule has 0 saturated carbocycles. The van der Waals surface area contributed by atoms with Gasteiger partial charge >= 0.3 is 24.4 Å². The maximum Gasteiger partial charge on any atom is 0.466 e. The van der Waals surface area contributed by atoms with Gasteiger partial charge in [-0.2, -0.15) is 17.6 Å². The summed E-state index contributed by atoms with van der Waals surface area (Å²) < 4.78 is 81.4. The Balaban J connectivity index is 4.71. The molecule has 0 saturated heterocycles. The molecule has 9 heteroatoms. The Morgan fingerprint density at radius 3 is 2.16 bits per heavy atom. The number of ether oxygens (including phenoxy) is 2. The van der Waals surface area contributed by atoms with Gasteiger partial charge in [0.2, 0.25) is 0 Å². The molecule has 0 bridgehead atoms. The van der Waals surface area contributed by atoms with Gasteiger partial charge in [-0.15, -0.1) is 0 Å². The Morgan fingerprint density at radius 2 is 1.79 bits per heavy atom. The molecular weight excluding hydrogens is 282 g/mol. The van der Waals surface area contributed by atoms with Crippen LogP contribution in [0.4, 0.5) is 26.3 Å². The maximum absolute atomic E-state index is 13.0. The maximum atomic E-state index is 13.0. The molecule has 0 aliphatic carbocycles. The molecule has 0 aromatic rings. The second-order valence-corrected chi connectivity index (χ2v) is 3.49. The van der Waals surface area contributed by atoms with Gasteiger partial charge in [-0.3, -0.25) is 0 Å². The molecular formula is C10H12F6O3. The first-order valence-corrected chi connectivity index (χ1v) is 5.08. The Hall–Kier alpha value is -1.25. The van der Waals surface area contributed by atoms with Crippen LogP contribution in [0.3, 0.4) is 0 Å². The van der Waals surface area contributed by atoms with Crippen molar-refractivity contribution in [3.8, 4) is 0 Å². The van der Waals surface area contributed by atoms with Gasteiger partial charge in [0.15, 0.2) is 0 Å². The minimum Gasteiger partial charge on any atom is -0.411 e. The third-order valence-electron chi connectivity index (χ3n) is 1.82. The molecule has 112 valence electrons. The van der Waals surface area contributed by atoms with Gasteiger partial charge in [-0.05, 0) is 6.42 Å². The zero-order chi connectivity index (χ0) is 15.3. The Morgan fingerprint density at radius 1 is 1.26 bits per heavy atom. The smallest absolute Gasteiger partial charge is 0.411 e. The summed E-state index contributed by atoms with van der Waals surface area (Å²) in [6.07, 6.45) is -10.1. The van der Waals surface area contributed by atoms with Crippen LogP contribution >= 0.6 is 0 Å². The fourth-order valence-electron chi connectivity index (χ4n) is 0.832. The van der Waals surface area contributed by atoms with E-state index in [-0.39, 0.29) is 6.61 Å². The lowest BCUT2D eigenvalue weighted by Crippen LogP contribution is -2.51. The Labute approximate surface area is 105 Å². The van der Waals surface area contributed by atoms with Crippen LogP contribution in [0.1, 0.15) is 13.3 Å². The molecule has 3 nitrogen and oxygen atoms in total. The minimum atomic E-state index is -6.05. The summed E-state index contributed by atoms with van der Waals surface area (Å²) >= 11 is 0. The van der Waals surface area contributed by atoms with Crippen molar-refractivity contribution < 1.29 is 40.6 Å². The average Bonchev–Trinajstić information content (AvgIpc) is 2.27. The number of alkyl halides is 6. The topological polar surface area (TPSA) is 35.5 Å². The number of esters is 1. The van der Waals surface area contributed by atoms with Gasteiger partial charge in [0.1, 0.15) is 0 Å². The first kappa shape index (κ1) is 17.8. The third kappa shape index (κ3) is 4.73. The van der Waals surface area contributed by atoms with E-state index in [0.29, 0.717) is 6.42 Å². The molecule has 1 atom stereocenters. The fourth-order valence-corrected chi connectivity index (χ4v) is 0.832. The van der Waals surface area contributed by atoms with Crippen molar-refractivity contribution in [1.29, 1.82) is 0 Å². The lowest BCUT2D eigenvalue weighted by Gasteiger charge is -2.26. The monoisotopic (exact) mass is 294 g/mol. The molecule has 0 aromatic heterocycles. The largest absolute Gasteiger partial charge is 0.466 e. The summed E-state index contributed by atoms with van der Waals surface area (Å²) in [7, 11) is 0. The highest BCUT2D eigenvalue weighted by Gasteiger charge is 2.66. The SMILES string of the molecule is C=C(COCCC)C(=O)OC(F)(C(F)F)C(F)(F)F. The van der Waals surface area contributed by atoms with Crippen LogP contribution in [0, 0.1) is 0 Å². The standard InChI is InChI=1S/C10H12F6O3/c1-3-4-18-5-6(2)7(17)19-9(13,8(11)12)10(14,15)16/h8H,2-5H2,1H3. The molecule has 0 fully saturated rings. The molecule has 0 heterocycles. The second kappa shape index (κ2) is 6.78. The second-order valence-electron chi connectivity index (χ2n) is 3.49. The minimum absolute atomic E-state index is 0.168. The lowest BCUT2D eigenvalue weighted by atomic mass is 10.3. The summed E-state index contributed by atoms with van der Waals surface area (Å²) in [4.78, 5) is 11.0. The van der Waals surface area contributed by atoms with Gasteiger partial charge < -0.3 is 9.47 Å². The molecule has 1 unspecified atom stereocenters. The first-order chi connectivity index (χ1) is 8.56. The number of halogens is 6. The van der Waals surface area contributed by atoms with E-state index in [4.69, 9.17) is 4.74 Å². The Kier molecular flexibility index (Phi) is 6.34. The van der Waals surface area contributed by atoms with Crippen LogP contribution in [0.25, 0.3) is 0 Å². The summed E-state index contributed by atoms with van der Waals surface area (Å²) in [5.41, 5.74) is -0.694. The van der Waals surface area contributed by atoms with Crippen LogP contribution < -0.4 is 0 Å².